The van der Waals surface area contributed by atoms with E-state index in [1.807, 2.05) is 0 Å². The van der Waals surface area contributed by atoms with Gasteiger partial charge in [0.25, 0.3) is 0 Å². The molecule has 14 heavy (non-hydrogen) atoms. The second kappa shape index (κ2) is 2.95. The quantitative estimate of drug-likeness (QED) is 0.584. The minimum Gasteiger partial charge on any atom is -0.368 e. The van der Waals surface area contributed by atoms with Gasteiger partial charge in [-0.05, 0) is 0 Å². The molecule has 2 aromatic heterocycles. The Balaban J connectivity index is 2.60. The largest absolute Gasteiger partial charge is 0.368 e. The van der Waals surface area contributed by atoms with Crippen LogP contribution in [0.25, 0.3) is 11.2 Å². The molecule has 0 aromatic carbocycles. The van der Waals surface area contributed by atoms with Gasteiger partial charge < -0.3 is 16.0 Å². The van der Waals surface area contributed by atoms with E-state index in [2.05, 4.69) is 25.3 Å². The molecule has 7 nitrogen and oxygen atoms in total. The van der Waals surface area contributed by atoms with E-state index in [-0.39, 0.29) is 11.9 Å². The van der Waals surface area contributed by atoms with Crippen LogP contribution in [0.1, 0.15) is 6.92 Å². The van der Waals surface area contributed by atoms with Crippen LogP contribution in [-0.4, -0.2) is 25.8 Å². The number of fused-ring (bicyclic) bond motifs is 1. The molecule has 2 heterocycles. The van der Waals surface area contributed by atoms with Gasteiger partial charge in [-0.1, -0.05) is 0 Å². The lowest BCUT2D eigenvalue weighted by Gasteiger charge is -2.01. The van der Waals surface area contributed by atoms with Crippen LogP contribution in [-0.2, 0) is 4.79 Å². The highest BCUT2D eigenvalue weighted by molar-refractivity contribution is 5.95. The highest BCUT2D eigenvalue weighted by Crippen LogP contribution is 2.16. The molecule has 2 rings (SSSR count). The Morgan fingerprint density at radius 3 is 3.07 bits per heavy atom. The van der Waals surface area contributed by atoms with Crippen molar-refractivity contribution in [2.75, 3.05) is 11.1 Å². The predicted molar refractivity (Wildman–Crippen MR) is 50.4 cm³/mol. The van der Waals surface area contributed by atoms with E-state index in [1.165, 1.54) is 13.3 Å². The number of carbonyl (C=O) groups excluding carboxylic acids is 1. The fourth-order valence-electron chi connectivity index (χ4n) is 1.11. The average Bonchev–Trinajstić information content (AvgIpc) is 2.50. The number of aromatic nitrogens is 4. The second-order valence-electron chi connectivity index (χ2n) is 2.71. The Hall–Kier alpha value is -2.18. The molecule has 2 aromatic rings. The van der Waals surface area contributed by atoms with E-state index in [0.29, 0.717) is 17.0 Å². The summed E-state index contributed by atoms with van der Waals surface area (Å²) in [5.74, 6) is 0.199. The van der Waals surface area contributed by atoms with Crippen LogP contribution in [0.5, 0.6) is 0 Å². The van der Waals surface area contributed by atoms with Gasteiger partial charge in [0.2, 0.25) is 11.9 Å². The first kappa shape index (κ1) is 8.42. The van der Waals surface area contributed by atoms with Gasteiger partial charge in [-0.15, -0.1) is 0 Å². The summed E-state index contributed by atoms with van der Waals surface area (Å²) in [5, 5.41) is 2.53. The standard InChI is InChI=1S/C7H8N6O/c1-3(14)11-6-4-5(10-2-9-4)12-7(8)13-6/h2H,1H3,(H4,8,9,10,11,12,13,14). The summed E-state index contributed by atoms with van der Waals surface area (Å²) in [6.45, 7) is 1.39. The number of H-pyrrole nitrogens is 1. The number of nitrogen functional groups attached to an aromatic ring is 1. The number of hydrogen-bond acceptors (Lipinski definition) is 5. The number of amides is 1. The van der Waals surface area contributed by atoms with Gasteiger partial charge in [0.05, 0.1) is 6.33 Å². The van der Waals surface area contributed by atoms with Gasteiger partial charge in [0.15, 0.2) is 11.5 Å². The number of nitrogens with one attached hydrogen (secondary N) is 2. The maximum Gasteiger partial charge on any atom is 0.224 e. The zero-order valence-electron chi connectivity index (χ0n) is 7.40. The van der Waals surface area contributed by atoms with Crippen molar-refractivity contribution in [2.24, 2.45) is 0 Å². The third-order valence-corrected chi connectivity index (χ3v) is 1.60. The normalized spacial score (nSPS) is 10.4. The molecule has 0 radical (unpaired) electrons. The molecule has 0 atom stereocenters. The monoisotopic (exact) mass is 192 g/mol. The van der Waals surface area contributed by atoms with E-state index in [4.69, 9.17) is 5.73 Å². The molecule has 0 aliphatic heterocycles. The fraction of sp³-hybridized carbons (Fsp3) is 0.143. The molecule has 7 heteroatoms. The van der Waals surface area contributed by atoms with Crippen LogP contribution in [0.3, 0.4) is 0 Å². The summed E-state index contributed by atoms with van der Waals surface area (Å²) in [4.78, 5) is 25.3. The minimum absolute atomic E-state index is 0.0772. The molecule has 0 bridgehead atoms. The van der Waals surface area contributed by atoms with Crippen molar-refractivity contribution in [2.45, 2.75) is 6.92 Å². The third-order valence-electron chi connectivity index (χ3n) is 1.60. The van der Waals surface area contributed by atoms with Gasteiger partial charge in [0.1, 0.15) is 5.52 Å². The van der Waals surface area contributed by atoms with E-state index < -0.39 is 0 Å². The van der Waals surface area contributed by atoms with Crippen molar-refractivity contribution in [3.63, 3.8) is 0 Å². The molecule has 0 spiro atoms. The van der Waals surface area contributed by atoms with E-state index in [9.17, 15) is 4.79 Å². The first-order valence-electron chi connectivity index (χ1n) is 3.91. The highest BCUT2D eigenvalue weighted by atomic mass is 16.1. The number of aromatic amines is 1. The van der Waals surface area contributed by atoms with Crippen molar-refractivity contribution in [1.82, 2.24) is 19.9 Å². The summed E-state index contributed by atoms with van der Waals surface area (Å²) in [7, 11) is 0. The topological polar surface area (TPSA) is 110 Å². The van der Waals surface area contributed by atoms with Crippen molar-refractivity contribution in [3.05, 3.63) is 6.33 Å². The second-order valence-corrected chi connectivity index (χ2v) is 2.71. The highest BCUT2D eigenvalue weighted by Gasteiger charge is 2.08. The number of imidazole rings is 1. The van der Waals surface area contributed by atoms with Crippen LogP contribution >= 0.6 is 0 Å². The van der Waals surface area contributed by atoms with Gasteiger partial charge in [-0.25, -0.2) is 4.98 Å². The smallest absolute Gasteiger partial charge is 0.224 e. The van der Waals surface area contributed by atoms with Gasteiger partial charge in [-0.3, -0.25) is 4.79 Å². The zero-order valence-corrected chi connectivity index (χ0v) is 7.40. The first-order chi connectivity index (χ1) is 6.66. The zero-order chi connectivity index (χ0) is 10.1. The van der Waals surface area contributed by atoms with Crippen LogP contribution in [0.15, 0.2) is 6.33 Å². The molecular weight excluding hydrogens is 184 g/mol. The lowest BCUT2D eigenvalue weighted by atomic mass is 10.5. The number of nitrogens with zero attached hydrogens (tertiary/aromatic N) is 3. The molecule has 0 unspecified atom stereocenters. The molecule has 0 saturated heterocycles. The van der Waals surface area contributed by atoms with Gasteiger partial charge >= 0.3 is 0 Å². The summed E-state index contributed by atoms with van der Waals surface area (Å²) < 4.78 is 0. The Morgan fingerprint density at radius 2 is 2.36 bits per heavy atom. The fourth-order valence-corrected chi connectivity index (χ4v) is 1.11. The van der Waals surface area contributed by atoms with Crippen molar-refractivity contribution < 1.29 is 4.79 Å². The van der Waals surface area contributed by atoms with Crippen LogP contribution in [0.2, 0.25) is 0 Å². The minimum atomic E-state index is -0.223. The lowest BCUT2D eigenvalue weighted by Crippen LogP contribution is -2.09. The van der Waals surface area contributed by atoms with E-state index >= 15 is 0 Å². The van der Waals surface area contributed by atoms with Crippen LogP contribution in [0, 0.1) is 0 Å². The Kier molecular flexibility index (Phi) is 1.77. The number of carbonyl (C=O) groups is 1. The van der Waals surface area contributed by atoms with Crippen molar-refractivity contribution in [3.8, 4) is 0 Å². The SMILES string of the molecule is CC(=O)Nc1nc(N)nc2nc[nH]c12. The number of anilines is 2. The van der Waals surface area contributed by atoms with Crippen molar-refractivity contribution in [1.29, 1.82) is 0 Å². The Bertz CT molecular complexity index is 490. The molecule has 0 fully saturated rings. The van der Waals surface area contributed by atoms with E-state index in [0.717, 1.165) is 0 Å². The van der Waals surface area contributed by atoms with Crippen LogP contribution < -0.4 is 11.1 Å². The van der Waals surface area contributed by atoms with Crippen molar-refractivity contribution >= 4 is 28.8 Å². The number of rotatable bonds is 1. The van der Waals surface area contributed by atoms with E-state index in [1.54, 1.807) is 0 Å². The summed E-state index contributed by atoms with van der Waals surface area (Å²) in [5.41, 5.74) is 6.43. The molecule has 0 saturated carbocycles. The molecule has 0 aliphatic rings. The molecule has 0 aliphatic carbocycles. The average molecular weight is 192 g/mol. The maximum absolute atomic E-state index is 10.8. The number of nitrogens with two attached hydrogens (primary N) is 1. The van der Waals surface area contributed by atoms with Gasteiger partial charge in [-0.2, -0.15) is 9.97 Å². The molecule has 72 valence electrons. The lowest BCUT2D eigenvalue weighted by molar-refractivity contribution is -0.114. The first-order valence-corrected chi connectivity index (χ1v) is 3.91. The van der Waals surface area contributed by atoms with Crippen LogP contribution in [0.4, 0.5) is 11.8 Å². The molecule has 4 N–H and O–H groups in total. The Labute approximate surface area is 78.8 Å². The Morgan fingerprint density at radius 1 is 1.57 bits per heavy atom. The summed E-state index contributed by atoms with van der Waals surface area (Å²) in [6, 6.07) is 0. The summed E-state index contributed by atoms with van der Waals surface area (Å²) >= 11 is 0. The molecule has 1 amide bonds. The maximum atomic E-state index is 10.8. The predicted octanol–water partition coefficient (Wildman–Crippen LogP) is -0.107. The number of hydrogen-bond donors (Lipinski definition) is 3. The third kappa shape index (κ3) is 1.35. The molecular formula is C7H8N6O. The van der Waals surface area contributed by atoms with Gasteiger partial charge in [0, 0.05) is 6.92 Å². The summed E-state index contributed by atoms with van der Waals surface area (Å²) in [6.07, 6.45) is 1.46.